The van der Waals surface area contributed by atoms with E-state index in [0.29, 0.717) is 13.0 Å². The van der Waals surface area contributed by atoms with E-state index in [1.165, 1.54) is 6.92 Å². The van der Waals surface area contributed by atoms with E-state index in [9.17, 15) is 18.0 Å². The molecule has 0 aliphatic rings. The second-order valence-electron chi connectivity index (χ2n) is 3.77. The number of carbonyl (C=O) groups excluding carboxylic acids is 2. The quantitative estimate of drug-likeness (QED) is 0.328. The van der Waals surface area contributed by atoms with Gasteiger partial charge >= 0.3 is 16.2 Å². The molecule has 10 heteroatoms. The molecule has 0 unspecified atom stereocenters. The molecule has 1 amide bonds. The highest BCUT2D eigenvalue weighted by Gasteiger charge is 2.12. The fourth-order valence-corrected chi connectivity index (χ4v) is 1.92. The van der Waals surface area contributed by atoms with Crippen LogP contribution in [0.2, 0.25) is 0 Å². The van der Waals surface area contributed by atoms with E-state index in [0.717, 1.165) is 0 Å². The highest BCUT2D eigenvalue weighted by Crippen LogP contribution is 1.88. The van der Waals surface area contributed by atoms with Gasteiger partial charge < -0.3 is 15.2 Å². The molecule has 9 nitrogen and oxygen atoms in total. The predicted octanol–water partition coefficient (Wildman–Crippen LogP) is -1.01. The molecule has 124 valence electrons. The second kappa shape index (κ2) is 10.5. The summed E-state index contributed by atoms with van der Waals surface area (Å²) in [7, 11) is -3.87. The van der Waals surface area contributed by atoms with Crippen LogP contribution in [-0.4, -0.2) is 53.2 Å². The number of carbonyl (C=O) groups is 2. The van der Waals surface area contributed by atoms with Crippen molar-refractivity contribution in [3.8, 4) is 0 Å². The summed E-state index contributed by atoms with van der Waals surface area (Å²) in [6.45, 7) is 1.97. The summed E-state index contributed by atoms with van der Waals surface area (Å²) in [5.41, 5.74) is 5.20. The predicted molar refractivity (Wildman–Crippen MR) is 77.1 cm³/mol. The van der Waals surface area contributed by atoms with Crippen LogP contribution < -0.4 is 15.2 Å². The van der Waals surface area contributed by atoms with Crippen LogP contribution in [0.5, 0.6) is 0 Å². The smallest absolute Gasteiger partial charge is 0.302 e. The molecular formula is C10H27N3O6S. The van der Waals surface area contributed by atoms with Gasteiger partial charge in [-0.1, -0.05) is 0 Å². The van der Waals surface area contributed by atoms with Crippen molar-refractivity contribution in [3.05, 3.63) is 0 Å². The number of amides is 1. The van der Waals surface area contributed by atoms with E-state index >= 15 is 0 Å². The number of nitrogens with two attached hydrogens (primary N) is 1. The van der Waals surface area contributed by atoms with Crippen molar-refractivity contribution in [2.24, 2.45) is 5.73 Å². The summed E-state index contributed by atoms with van der Waals surface area (Å²) >= 11 is 0. The van der Waals surface area contributed by atoms with Crippen LogP contribution in [0.15, 0.2) is 0 Å². The molecule has 4 N–H and O–H groups in total. The molecule has 0 saturated carbocycles. The van der Waals surface area contributed by atoms with Gasteiger partial charge in [0.05, 0.1) is 13.2 Å². The van der Waals surface area contributed by atoms with Gasteiger partial charge in [0.1, 0.15) is 6.61 Å². The Bertz CT molecular complexity index is 411. The Morgan fingerprint density at radius 1 is 1.25 bits per heavy atom. The molecule has 0 heterocycles. The molecule has 0 aromatic heterocycles. The van der Waals surface area contributed by atoms with Crippen molar-refractivity contribution in [3.63, 3.8) is 0 Å². The summed E-state index contributed by atoms with van der Waals surface area (Å²) in [4.78, 5) is 21.6. The van der Waals surface area contributed by atoms with E-state index in [4.69, 9.17) is 10.5 Å². The lowest BCUT2D eigenvalue weighted by Gasteiger charge is -2.08. The second-order valence-corrected chi connectivity index (χ2v) is 5.27. The van der Waals surface area contributed by atoms with Crippen molar-refractivity contribution in [1.29, 1.82) is 0 Å². The largest absolute Gasteiger partial charge is 0.463 e. The van der Waals surface area contributed by atoms with Gasteiger partial charge in [0.15, 0.2) is 0 Å². The lowest BCUT2D eigenvalue weighted by Crippen LogP contribution is -2.41. The normalized spacial score (nSPS) is 11.1. The molecular weight excluding hydrogens is 290 g/mol. The lowest BCUT2D eigenvalue weighted by molar-refractivity contribution is -0.142. The first-order valence-corrected chi connectivity index (χ1v) is 7.57. The van der Waals surface area contributed by atoms with Crippen molar-refractivity contribution >= 4 is 22.1 Å². The van der Waals surface area contributed by atoms with Crippen molar-refractivity contribution < 1.29 is 31.8 Å². The fourth-order valence-electron chi connectivity index (χ4n) is 1.09. The van der Waals surface area contributed by atoms with Gasteiger partial charge in [0, 0.05) is 24.2 Å². The summed E-state index contributed by atoms with van der Waals surface area (Å²) in [5.74, 6) is -1.02. The SMILES string of the molecule is CC(=O)OCCOCCNS(=O)(=O)NC(=O)CCCN.[HH].[HH].[HH]. The molecule has 0 spiro atoms. The Kier molecular flexibility index (Phi) is 9.90. The summed E-state index contributed by atoms with van der Waals surface area (Å²) in [5, 5.41) is 0. The highest BCUT2D eigenvalue weighted by atomic mass is 32.2. The third kappa shape index (κ3) is 11.8. The summed E-state index contributed by atoms with van der Waals surface area (Å²) in [6.07, 6.45) is 0.469. The number of rotatable bonds is 11. The molecule has 0 aromatic rings. The zero-order chi connectivity index (χ0) is 15.4. The monoisotopic (exact) mass is 317 g/mol. The van der Waals surface area contributed by atoms with Crippen LogP contribution in [0.1, 0.15) is 24.0 Å². The molecule has 0 bridgehead atoms. The maximum atomic E-state index is 11.4. The van der Waals surface area contributed by atoms with E-state index in [1.54, 1.807) is 0 Å². The first kappa shape index (κ1) is 18.8. The van der Waals surface area contributed by atoms with Crippen LogP contribution in [0, 0.1) is 0 Å². The van der Waals surface area contributed by atoms with Crippen LogP contribution in [-0.2, 0) is 29.3 Å². The summed E-state index contributed by atoms with van der Waals surface area (Å²) < 4.78 is 36.4. The van der Waals surface area contributed by atoms with Crippen LogP contribution in [0.4, 0.5) is 0 Å². The fraction of sp³-hybridized carbons (Fsp3) is 0.800. The molecule has 0 saturated heterocycles. The minimum absolute atomic E-state index is 0. The first-order chi connectivity index (χ1) is 9.37. The van der Waals surface area contributed by atoms with Gasteiger partial charge in [-0.2, -0.15) is 13.1 Å². The number of nitrogens with one attached hydrogen (secondary N) is 2. The number of ether oxygens (including phenoxy) is 2. The Hall–Kier alpha value is -1.23. The van der Waals surface area contributed by atoms with Crippen molar-refractivity contribution in [2.45, 2.75) is 19.8 Å². The van der Waals surface area contributed by atoms with Gasteiger partial charge in [0.25, 0.3) is 0 Å². The Morgan fingerprint density at radius 2 is 1.95 bits per heavy atom. The number of hydrogen-bond acceptors (Lipinski definition) is 7. The average molecular weight is 317 g/mol. The topological polar surface area (TPSA) is 137 Å². The molecule has 20 heavy (non-hydrogen) atoms. The minimum atomic E-state index is -3.87. The van der Waals surface area contributed by atoms with Crippen molar-refractivity contribution in [2.75, 3.05) is 32.9 Å². The Labute approximate surface area is 122 Å². The molecule has 0 fully saturated rings. The van der Waals surface area contributed by atoms with E-state index in [1.807, 2.05) is 4.72 Å². The average Bonchev–Trinajstić information content (AvgIpc) is 2.34. The molecule has 0 aliphatic heterocycles. The summed E-state index contributed by atoms with van der Waals surface area (Å²) in [6, 6.07) is 0. The maximum absolute atomic E-state index is 11.4. The molecule has 0 radical (unpaired) electrons. The minimum Gasteiger partial charge on any atom is -0.463 e. The zero-order valence-electron chi connectivity index (χ0n) is 11.4. The third-order valence-corrected chi connectivity index (χ3v) is 3.01. The number of hydrogen-bond donors (Lipinski definition) is 3. The maximum Gasteiger partial charge on any atom is 0.302 e. The molecule has 0 aromatic carbocycles. The molecule has 0 aliphatic carbocycles. The molecule has 0 atom stereocenters. The Balaban J connectivity index is -0.000000602. The number of esters is 1. The van der Waals surface area contributed by atoms with E-state index in [2.05, 4.69) is 9.46 Å². The first-order valence-electron chi connectivity index (χ1n) is 6.09. The van der Waals surface area contributed by atoms with Gasteiger partial charge in [-0.25, -0.2) is 4.72 Å². The standard InChI is InChI=1S/C10H21N3O6S.3H2/c1-9(14)19-8-7-18-6-5-12-20(16,17)13-10(15)3-2-4-11;;;/h12H,2-8,11H2,1H3,(H,13,15);3*1H. The van der Waals surface area contributed by atoms with E-state index < -0.39 is 22.1 Å². The van der Waals surface area contributed by atoms with Gasteiger partial charge in [0.2, 0.25) is 5.91 Å². The lowest BCUT2D eigenvalue weighted by atomic mass is 10.3. The van der Waals surface area contributed by atoms with Gasteiger partial charge in [-0.05, 0) is 13.0 Å². The third-order valence-electron chi connectivity index (χ3n) is 1.93. The van der Waals surface area contributed by atoms with Gasteiger partial charge in [-0.3, -0.25) is 9.59 Å². The van der Waals surface area contributed by atoms with E-state index in [-0.39, 0.29) is 37.1 Å². The van der Waals surface area contributed by atoms with Crippen LogP contribution in [0.3, 0.4) is 0 Å². The van der Waals surface area contributed by atoms with Crippen LogP contribution in [0.25, 0.3) is 0 Å². The van der Waals surface area contributed by atoms with Gasteiger partial charge in [-0.15, -0.1) is 0 Å². The highest BCUT2D eigenvalue weighted by molar-refractivity contribution is 7.88. The Morgan fingerprint density at radius 3 is 2.55 bits per heavy atom. The van der Waals surface area contributed by atoms with Crippen LogP contribution >= 0.6 is 0 Å². The van der Waals surface area contributed by atoms with Crippen molar-refractivity contribution in [1.82, 2.24) is 9.44 Å². The molecule has 0 rings (SSSR count). The zero-order valence-corrected chi connectivity index (χ0v) is 12.2.